The van der Waals surface area contributed by atoms with Crippen LogP contribution in [0.5, 0.6) is 0 Å². The van der Waals surface area contributed by atoms with Gasteiger partial charge in [-0.2, -0.15) is 13.2 Å². The molecular weight excluding hydrogens is 304 g/mol. The van der Waals surface area contributed by atoms with E-state index in [1.165, 1.54) is 11.3 Å². The van der Waals surface area contributed by atoms with E-state index >= 15 is 0 Å². The summed E-state index contributed by atoms with van der Waals surface area (Å²) >= 11 is 1.44. The number of benzene rings is 1. The van der Waals surface area contributed by atoms with Crippen LogP contribution in [-0.2, 0) is 12.7 Å². The number of anilines is 1. The third-order valence-electron chi connectivity index (χ3n) is 2.82. The SMILES string of the molecule is CC(C)c1cnc(NCc2cc(F)cc(C(F)(F)F)c2)s1. The van der Waals surface area contributed by atoms with Gasteiger partial charge in [-0.1, -0.05) is 13.8 Å². The standard InChI is InChI=1S/C14H14F4N2S/c1-8(2)12-7-20-13(21-12)19-6-9-3-10(14(16,17)18)5-11(15)4-9/h3-5,7-8H,6H2,1-2H3,(H,19,20). The van der Waals surface area contributed by atoms with Crippen LogP contribution in [0, 0.1) is 5.82 Å². The monoisotopic (exact) mass is 318 g/mol. The summed E-state index contributed by atoms with van der Waals surface area (Å²) in [4.78, 5) is 5.21. The van der Waals surface area contributed by atoms with E-state index in [1.807, 2.05) is 13.8 Å². The molecule has 0 atom stereocenters. The van der Waals surface area contributed by atoms with Gasteiger partial charge in [-0.3, -0.25) is 0 Å². The Balaban J connectivity index is 2.10. The van der Waals surface area contributed by atoms with Crippen LogP contribution < -0.4 is 5.32 Å². The Labute approximate surface area is 123 Å². The molecular formula is C14H14F4N2S. The van der Waals surface area contributed by atoms with E-state index in [1.54, 1.807) is 6.20 Å². The quantitative estimate of drug-likeness (QED) is 0.799. The predicted octanol–water partition coefficient (Wildman–Crippen LogP) is 5.04. The molecule has 2 rings (SSSR count). The van der Waals surface area contributed by atoms with Crippen molar-refractivity contribution >= 4 is 16.5 Å². The van der Waals surface area contributed by atoms with Crippen LogP contribution >= 0.6 is 11.3 Å². The second-order valence-corrected chi connectivity index (χ2v) is 5.98. The molecule has 1 heterocycles. The summed E-state index contributed by atoms with van der Waals surface area (Å²) in [5.74, 6) is -0.562. The molecule has 0 saturated heterocycles. The molecule has 2 aromatic rings. The van der Waals surface area contributed by atoms with E-state index in [-0.39, 0.29) is 12.1 Å². The third-order valence-corrected chi connectivity index (χ3v) is 4.08. The molecule has 0 bridgehead atoms. The molecule has 7 heteroatoms. The van der Waals surface area contributed by atoms with Gasteiger partial charge in [-0.15, -0.1) is 11.3 Å². The zero-order chi connectivity index (χ0) is 15.6. The molecule has 1 N–H and O–H groups in total. The van der Waals surface area contributed by atoms with Gasteiger partial charge in [0.1, 0.15) is 5.82 Å². The first-order valence-electron chi connectivity index (χ1n) is 6.32. The zero-order valence-corrected chi connectivity index (χ0v) is 12.3. The van der Waals surface area contributed by atoms with Crippen LogP contribution in [-0.4, -0.2) is 4.98 Å². The molecule has 21 heavy (non-hydrogen) atoms. The van der Waals surface area contributed by atoms with Crippen LogP contribution in [0.4, 0.5) is 22.7 Å². The average molecular weight is 318 g/mol. The van der Waals surface area contributed by atoms with Gasteiger partial charge in [-0.25, -0.2) is 9.37 Å². The minimum Gasteiger partial charge on any atom is -0.357 e. The van der Waals surface area contributed by atoms with Crippen molar-refractivity contribution in [3.05, 3.63) is 46.2 Å². The number of aromatic nitrogens is 1. The number of alkyl halides is 3. The van der Waals surface area contributed by atoms with Crippen LogP contribution in [0.15, 0.2) is 24.4 Å². The van der Waals surface area contributed by atoms with Gasteiger partial charge in [-0.05, 0) is 29.7 Å². The molecule has 0 aliphatic heterocycles. The van der Waals surface area contributed by atoms with Gasteiger partial charge in [0.2, 0.25) is 0 Å². The molecule has 1 aromatic heterocycles. The Kier molecular flexibility index (Phi) is 4.51. The molecule has 2 nitrogen and oxygen atoms in total. The molecule has 0 unspecified atom stereocenters. The minimum absolute atomic E-state index is 0.0892. The molecule has 0 aliphatic carbocycles. The molecule has 0 fully saturated rings. The second kappa shape index (κ2) is 6.01. The highest BCUT2D eigenvalue weighted by Crippen LogP contribution is 2.31. The summed E-state index contributed by atoms with van der Waals surface area (Å²) in [6.45, 7) is 4.14. The Morgan fingerprint density at radius 1 is 1.24 bits per heavy atom. The number of halogens is 4. The fourth-order valence-corrected chi connectivity index (χ4v) is 2.54. The lowest BCUT2D eigenvalue weighted by atomic mass is 10.1. The lowest BCUT2D eigenvalue weighted by Gasteiger charge is -2.09. The summed E-state index contributed by atoms with van der Waals surface area (Å²) in [5.41, 5.74) is -0.759. The van der Waals surface area contributed by atoms with E-state index in [4.69, 9.17) is 0 Å². The van der Waals surface area contributed by atoms with E-state index in [2.05, 4.69) is 10.3 Å². The van der Waals surface area contributed by atoms with E-state index in [9.17, 15) is 17.6 Å². The maximum atomic E-state index is 13.3. The van der Waals surface area contributed by atoms with Crippen molar-refractivity contribution in [2.24, 2.45) is 0 Å². The van der Waals surface area contributed by atoms with E-state index in [0.29, 0.717) is 17.1 Å². The fourth-order valence-electron chi connectivity index (χ4n) is 1.73. The van der Waals surface area contributed by atoms with Gasteiger partial charge < -0.3 is 5.32 Å². The third kappa shape index (κ3) is 4.17. The highest BCUT2D eigenvalue weighted by atomic mass is 32.1. The zero-order valence-electron chi connectivity index (χ0n) is 11.5. The lowest BCUT2D eigenvalue weighted by Crippen LogP contribution is -2.08. The second-order valence-electron chi connectivity index (χ2n) is 4.92. The molecule has 0 saturated carbocycles. The van der Waals surface area contributed by atoms with Crippen LogP contribution in [0.1, 0.15) is 35.8 Å². The van der Waals surface area contributed by atoms with Crippen molar-refractivity contribution < 1.29 is 17.6 Å². The number of hydrogen-bond acceptors (Lipinski definition) is 3. The normalized spacial score (nSPS) is 12.0. The van der Waals surface area contributed by atoms with E-state index in [0.717, 1.165) is 17.0 Å². The summed E-state index contributed by atoms with van der Waals surface area (Å²) in [6.07, 6.45) is -2.83. The molecule has 0 radical (unpaired) electrons. The minimum atomic E-state index is -4.55. The first-order valence-corrected chi connectivity index (χ1v) is 7.13. The van der Waals surface area contributed by atoms with Crippen LogP contribution in [0.3, 0.4) is 0 Å². The highest BCUT2D eigenvalue weighted by molar-refractivity contribution is 7.15. The predicted molar refractivity (Wildman–Crippen MR) is 74.9 cm³/mol. The highest BCUT2D eigenvalue weighted by Gasteiger charge is 2.31. The maximum Gasteiger partial charge on any atom is 0.416 e. The molecule has 1 aromatic carbocycles. The number of hydrogen-bond donors (Lipinski definition) is 1. The van der Waals surface area contributed by atoms with Crippen molar-refractivity contribution in [1.82, 2.24) is 4.98 Å². The van der Waals surface area contributed by atoms with Gasteiger partial charge in [0.25, 0.3) is 0 Å². The van der Waals surface area contributed by atoms with Crippen LogP contribution in [0.25, 0.3) is 0 Å². The fraction of sp³-hybridized carbons (Fsp3) is 0.357. The summed E-state index contributed by atoms with van der Waals surface area (Å²) in [7, 11) is 0. The number of nitrogens with zero attached hydrogens (tertiary/aromatic N) is 1. The largest absolute Gasteiger partial charge is 0.416 e. The number of nitrogens with one attached hydrogen (secondary N) is 1. The van der Waals surface area contributed by atoms with E-state index < -0.39 is 17.6 Å². The Bertz CT molecular complexity index is 620. The first kappa shape index (κ1) is 15.8. The molecule has 0 aliphatic rings. The first-order chi connectivity index (χ1) is 9.75. The van der Waals surface area contributed by atoms with Crippen molar-refractivity contribution in [1.29, 1.82) is 0 Å². The van der Waals surface area contributed by atoms with Gasteiger partial charge in [0.05, 0.1) is 5.56 Å². The van der Waals surface area contributed by atoms with Gasteiger partial charge in [0, 0.05) is 17.6 Å². The summed E-state index contributed by atoms with van der Waals surface area (Å²) < 4.78 is 51.1. The van der Waals surface area contributed by atoms with Crippen LogP contribution in [0.2, 0.25) is 0 Å². The maximum absolute atomic E-state index is 13.3. The van der Waals surface area contributed by atoms with Crippen molar-refractivity contribution in [3.8, 4) is 0 Å². The van der Waals surface area contributed by atoms with Crippen molar-refractivity contribution in [2.75, 3.05) is 5.32 Å². The van der Waals surface area contributed by atoms with Gasteiger partial charge in [0.15, 0.2) is 5.13 Å². The van der Waals surface area contributed by atoms with Crippen molar-refractivity contribution in [2.45, 2.75) is 32.5 Å². The number of rotatable bonds is 4. The Morgan fingerprint density at radius 3 is 2.52 bits per heavy atom. The Hall–Kier alpha value is -1.63. The lowest BCUT2D eigenvalue weighted by molar-refractivity contribution is -0.137. The topological polar surface area (TPSA) is 24.9 Å². The molecule has 114 valence electrons. The smallest absolute Gasteiger partial charge is 0.357 e. The molecule has 0 spiro atoms. The van der Waals surface area contributed by atoms with Crippen molar-refractivity contribution in [3.63, 3.8) is 0 Å². The Morgan fingerprint density at radius 2 is 1.95 bits per heavy atom. The van der Waals surface area contributed by atoms with Gasteiger partial charge >= 0.3 is 6.18 Å². The number of thiazole rings is 1. The summed E-state index contributed by atoms with van der Waals surface area (Å²) in [6, 6.07) is 2.51. The molecule has 0 amide bonds. The average Bonchev–Trinajstić information content (AvgIpc) is 2.83. The summed E-state index contributed by atoms with van der Waals surface area (Å²) in [5, 5.41) is 3.52.